The molecule has 0 bridgehead atoms. The lowest BCUT2D eigenvalue weighted by Crippen LogP contribution is -2.36. The van der Waals surface area contributed by atoms with Gasteiger partial charge in [-0.05, 0) is 22.7 Å². The average Bonchev–Trinajstić information content (AvgIpc) is 2.42. The molecule has 2 rings (SSSR count). The van der Waals surface area contributed by atoms with E-state index in [1.165, 1.54) is 7.11 Å². The second-order valence-corrected chi connectivity index (χ2v) is 4.23. The summed E-state index contributed by atoms with van der Waals surface area (Å²) >= 11 is 5.81. The van der Waals surface area contributed by atoms with Gasteiger partial charge in [-0.15, -0.1) is 0 Å². The third-order valence-electron chi connectivity index (χ3n) is 2.94. The van der Waals surface area contributed by atoms with Crippen LogP contribution in [0.2, 0.25) is 0 Å². The van der Waals surface area contributed by atoms with E-state index in [2.05, 4.69) is 0 Å². The van der Waals surface area contributed by atoms with Crippen LogP contribution in [0, 0.1) is 0 Å². The minimum atomic E-state index is -1.25. The van der Waals surface area contributed by atoms with Gasteiger partial charge in [0.15, 0.2) is 5.60 Å². The van der Waals surface area contributed by atoms with Crippen molar-refractivity contribution in [2.24, 2.45) is 0 Å². The zero-order valence-corrected chi connectivity index (χ0v) is 10.7. The molecule has 0 spiro atoms. The van der Waals surface area contributed by atoms with E-state index in [0.717, 1.165) is 11.1 Å². The molecule has 0 unspecified atom stereocenters. The van der Waals surface area contributed by atoms with Crippen LogP contribution in [-0.4, -0.2) is 12.4 Å². The number of hydrogen-bond acceptors (Lipinski definition) is 2. The molecule has 0 fully saturated rings. The van der Waals surface area contributed by atoms with E-state index < -0.39 is 10.8 Å². The molecule has 92 valence electrons. The summed E-state index contributed by atoms with van der Waals surface area (Å²) in [6, 6.07) is 18.5. The molecule has 0 aliphatic rings. The molecule has 0 saturated carbocycles. The van der Waals surface area contributed by atoms with Crippen LogP contribution in [0.25, 0.3) is 0 Å². The van der Waals surface area contributed by atoms with Crippen molar-refractivity contribution in [1.29, 1.82) is 0 Å². The molecule has 2 aromatic carbocycles. The highest BCUT2D eigenvalue weighted by Gasteiger charge is 2.41. The first-order chi connectivity index (χ1) is 8.71. The van der Waals surface area contributed by atoms with Crippen molar-refractivity contribution in [2.45, 2.75) is 5.60 Å². The molecule has 0 radical (unpaired) electrons. The Bertz CT molecular complexity index is 483. The van der Waals surface area contributed by atoms with Crippen molar-refractivity contribution in [1.82, 2.24) is 0 Å². The molecule has 2 aromatic rings. The maximum Gasteiger partial charge on any atom is 0.262 e. The van der Waals surface area contributed by atoms with Crippen molar-refractivity contribution >= 4 is 16.8 Å². The van der Waals surface area contributed by atoms with Crippen molar-refractivity contribution in [3.63, 3.8) is 0 Å². The summed E-state index contributed by atoms with van der Waals surface area (Å²) in [5.41, 5.74) is 0.196. The van der Waals surface area contributed by atoms with Crippen LogP contribution >= 0.6 is 11.6 Å². The van der Waals surface area contributed by atoms with Crippen molar-refractivity contribution < 1.29 is 9.53 Å². The number of ether oxygens (including phenoxy) is 1. The van der Waals surface area contributed by atoms with Crippen LogP contribution in [0.4, 0.5) is 0 Å². The summed E-state index contributed by atoms with van der Waals surface area (Å²) in [4.78, 5) is 11.9. The highest BCUT2D eigenvalue weighted by atomic mass is 35.5. The van der Waals surface area contributed by atoms with Crippen LogP contribution in [-0.2, 0) is 15.1 Å². The Balaban J connectivity index is 2.65. The van der Waals surface area contributed by atoms with Crippen molar-refractivity contribution in [2.75, 3.05) is 7.11 Å². The maximum absolute atomic E-state index is 11.9. The van der Waals surface area contributed by atoms with E-state index in [1.54, 1.807) is 0 Å². The van der Waals surface area contributed by atoms with Gasteiger partial charge < -0.3 is 4.74 Å². The maximum atomic E-state index is 11.9. The Morgan fingerprint density at radius 1 is 0.944 bits per heavy atom. The van der Waals surface area contributed by atoms with Gasteiger partial charge >= 0.3 is 0 Å². The summed E-state index contributed by atoms with van der Waals surface area (Å²) in [5, 5.41) is -0.553. The van der Waals surface area contributed by atoms with E-state index in [4.69, 9.17) is 16.3 Å². The SMILES string of the molecule is COC(C(=O)Cl)(c1ccccc1)c1ccccc1. The Morgan fingerprint density at radius 2 is 1.33 bits per heavy atom. The standard InChI is InChI=1S/C15H13ClO2/c1-18-15(14(16)17,12-8-4-2-5-9-12)13-10-6-3-7-11-13/h2-11H,1H3. The lowest BCUT2D eigenvalue weighted by atomic mass is 9.87. The van der Waals surface area contributed by atoms with Crippen molar-refractivity contribution in [3.05, 3.63) is 71.8 Å². The first kappa shape index (κ1) is 12.8. The first-order valence-electron chi connectivity index (χ1n) is 5.58. The van der Waals surface area contributed by atoms with Gasteiger partial charge in [0.05, 0.1) is 0 Å². The van der Waals surface area contributed by atoms with Gasteiger partial charge in [0.1, 0.15) is 0 Å². The van der Waals surface area contributed by atoms with Gasteiger partial charge in [-0.25, -0.2) is 0 Å². The summed E-state index contributed by atoms with van der Waals surface area (Å²) in [6.45, 7) is 0. The van der Waals surface area contributed by atoms with Crippen LogP contribution < -0.4 is 0 Å². The van der Waals surface area contributed by atoms with Crippen LogP contribution in [0.1, 0.15) is 11.1 Å². The average molecular weight is 261 g/mol. The molecule has 2 nitrogen and oxygen atoms in total. The van der Waals surface area contributed by atoms with E-state index in [1.807, 2.05) is 60.7 Å². The molecule has 0 saturated heterocycles. The molecule has 3 heteroatoms. The molecule has 18 heavy (non-hydrogen) atoms. The number of carbonyl (C=O) groups is 1. The van der Waals surface area contributed by atoms with E-state index in [0.29, 0.717) is 0 Å². The topological polar surface area (TPSA) is 26.3 Å². The Kier molecular flexibility index (Phi) is 3.80. The third-order valence-corrected chi connectivity index (χ3v) is 3.21. The summed E-state index contributed by atoms with van der Waals surface area (Å²) < 4.78 is 5.49. The van der Waals surface area contributed by atoms with Gasteiger partial charge in [0.25, 0.3) is 5.24 Å². The predicted octanol–water partition coefficient (Wildman–Crippen LogP) is 3.34. The fraction of sp³-hybridized carbons (Fsp3) is 0.133. The number of carbonyl (C=O) groups excluding carboxylic acids is 1. The summed E-state index contributed by atoms with van der Waals surface area (Å²) in [6.07, 6.45) is 0. The molecule has 0 aromatic heterocycles. The van der Waals surface area contributed by atoms with Gasteiger partial charge in [0, 0.05) is 7.11 Å². The predicted molar refractivity (Wildman–Crippen MR) is 71.5 cm³/mol. The minimum absolute atomic E-state index is 0.553. The summed E-state index contributed by atoms with van der Waals surface area (Å²) in [7, 11) is 1.49. The van der Waals surface area contributed by atoms with Crippen molar-refractivity contribution in [3.8, 4) is 0 Å². The first-order valence-corrected chi connectivity index (χ1v) is 5.95. The number of rotatable bonds is 4. The minimum Gasteiger partial charge on any atom is -0.360 e. The molecule has 0 aliphatic carbocycles. The van der Waals surface area contributed by atoms with Gasteiger partial charge in [0.2, 0.25) is 0 Å². The van der Waals surface area contributed by atoms with E-state index >= 15 is 0 Å². The zero-order chi connectivity index (χ0) is 13.0. The fourth-order valence-electron chi connectivity index (χ4n) is 2.06. The molecule has 0 N–H and O–H groups in total. The van der Waals surface area contributed by atoms with E-state index in [9.17, 15) is 4.79 Å². The van der Waals surface area contributed by atoms with Gasteiger partial charge in [-0.1, -0.05) is 60.7 Å². The smallest absolute Gasteiger partial charge is 0.262 e. The van der Waals surface area contributed by atoms with Gasteiger partial charge in [-0.3, -0.25) is 4.79 Å². The van der Waals surface area contributed by atoms with Crippen LogP contribution in [0.15, 0.2) is 60.7 Å². The molecule has 0 aliphatic heterocycles. The summed E-state index contributed by atoms with van der Waals surface area (Å²) in [5.74, 6) is 0. The molecular formula is C15H13ClO2. The number of methoxy groups -OCH3 is 1. The third kappa shape index (κ3) is 2.05. The molecule has 0 atom stereocenters. The Labute approximate surface area is 111 Å². The lowest BCUT2D eigenvalue weighted by Gasteiger charge is -2.29. The molecular weight excluding hydrogens is 248 g/mol. The van der Waals surface area contributed by atoms with Crippen LogP contribution in [0.3, 0.4) is 0 Å². The lowest BCUT2D eigenvalue weighted by molar-refractivity contribution is -0.128. The monoisotopic (exact) mass is 260 g/mol. The molecule has 0 heterocycles. The zero-order valence-electron chi connectivity index (χ0n) is 9.97. The quantitative estimate of drug-likeness (QED) is 0.788. The highest BCUT2D eigenvalue weighted by molar-refractivity contribution is 6.65. The number of hydrogen-bond donors (Lipinski definition) is 0. The normalized spacial score (nSPS) is 11.2. The second kappa shape index (κ2) is 5.34. The Morgan fingerprint density at radius 3 is 1.61 bits per heavy atom. The van der Waals surface area contributed by atoms with Crippen LogP contribution in [0.5, 0.6) is 0 Å². The van der Waals surface area contributed by atoms with E-state index in [-0.39, 0.29) is 0 Å². The fourth-order valence-corrected chi connectivity index (χ4v) is 2.35. The number of benzene rings is 2. The second-order valence-electron chi connectivity index (χ2n) is 3.89. The van der Waals surface area contributed by atoms with Gasteiger partial charge in [-0.2, -0.15) is 0 Å². The highest BCUT2D eigenvalue weighted by Crippen LogP contribution is 2.35. The largest absolute Gasteiger partial charge is 0.360 e. The Hall–Kier alpha value is -1.64. The molecule has 0 amide bonds. The number of halogens is 1.